The molecule has 3 aromatic rings. The lowest BCUT2D eigenvalue weighted by Crippen LogP contribution is -2.41. The molecule has 2 heterocycles. The SMILES string of the molecule is NS(=O)(=O)c1cccc(NC(=O)CC2CCc3cc(Br)cc4[nH]c(=O)c(=O)n2c34)c1. The molecule has 0 saturated carbocycles. The van der Waals surface area contributed by atoms with Crippen LogP contribution in [0, 0.1) is 0 Å². The van der Waals surface area contributed by atoms with E-state index < -0.39 is 33.1 Å². The first kappa shape index (κ1) is 20.5. The average molecular weight is 493 g/mol. The zero-order valence-corrected chi connectivity index (χ0v) is 17.9. The average Bonchev–Trinajstić information content (AvgIpc) is 2.66. The fraction of sp³-hybridized carbons (Fsp3) is 0.211. The Morgan fingerprint density at radius 3 is 2.77 bits per heavy atom. The van der Waals surface area contributed by atoms with E-state index in [2.05, 4.69) is 26.2 Å². The predicted molar refractivity (Wildman–Crippen MR) is 115 cm³/mol. The summed E-state index contributed by atoms with van der Waals surface area (Å²) in [6.45, 7) is 0. The molecular formula is C19H17BrN4O5S. The lowest BCUT2D eigenvalue weighted by Gasteiger charge is -2.27. The summed E-state index contributed by atoms with van der Waals surface area (Å²) in [4.78, 5) is 39.8. The molecule has 11 heteroatoms. The maximum Gasteiger partial charge on any atom is 0.317 e. The third-order valence-corrected chi connectivity index (χ3v) is 6.40. The highest BCUT2D eigenvalue weighted by atomic mass is 79.9. The van der Waals surface area contributed by atoms with Gasteiger partial charge in [0.15, 0.2) is 0 Å². The van der Waals surface area contributed by atoms with Crippen molar-refractivity contribution in [1.29, 1.82) is 0 Å². The van der Waals surface area contributed by atoms with E-state index in [9.17, 15) is 22.8 Å². The molecule has 0 saturated heterocycles. The van der Waals surface area contributed by atoms with E-state index in [4.69, 9.17) is 5.14 Å². The van der Waals surface area contributed by atoms with E-state index >= 15 is 0 Å². The molecule has 9 nitrogen and oxygen atoms in total. The Bertz CT molecular complexity index is 1410. The standard InChI is InChI=1S/C19H17BrN4O5S/c20-11-6-10-4-5-13(24-17(10)15(7-11)23-18(26)19(24)27)9-16(25)22-12-2-1-3-14(8-12)30(21,28)29/h1-3,6-8,13H,4-5,9H2,(H,22,25)(H,23,26)(H2,21,28,29). The number of H-pyrrole nitrogens is 1. The number of nitrogens with zero attached hydrogens (tertiary/aromatic N) is 1. The van der Waals surface area contributed by atoms with Crippen LogP contribution >= 0.6 is 15.9 Å². The zero-order valence-electron chi connectivity index (χ0n) is 15.5. The van der Waals surface area contributed by atoms with E-state index in [1.165, 1.54) is 28.8 Å². The predicted octanol–water partition coefficient (Wildman–Crippen LogP) is 1.62. The molecule has 1 atom stereocenters. The number of rotatable bonds is 4. The Balaban J connectivity index is 1.66. The summed E-state index contributed by atoms with van der Waals surface area (Å²) < 4.78 is 25.2. The minimum absolute atomic E-state index is 0.0480. The Hall–Kier alpha value is -2.76. The molecule has 0 radical (unpaired) electrons. The number of carbonyl (C=O) groups excluding carboxylic acids is 1. The van der Waals surface area contributed by atoms with Gasteiger partial charge in [-0.3, -0.25) is 19.0 Å². The molecule has 156 valence electrons. The van der Waals surface area contributed by atoms with Crippen LogP contribution in [0.15, 0.2) is 55.4 Å². The number of hydrogen-bond donors (Lipinski definition) is 3. The van der Waals surface area contributed by atoms with Crippen molar-refractivity contribution in [3.8, 4) is 0 Å². The van der Waals surface area contributed by atoms with Crippen molar-refractivity contribution in [2.24, 2.45) is 5.14 Å². The number of nitrogens with two attached hydrogens (primary N) is 1. The third kappa shape index (κ3) is 3.83. The van der Waals surface area contributed by atoms with Crippen molar-refractivity contribution in [3.05, 3.63) is 67.1 Å². The third-order valence-electron chi connectivity index (χ3n) is 5.04. The van der Waals surface area contributed by atoms with Crippen LogP contribution in [0.1, 0.15) is 24.4 Å². The van der Waals surface area contributed by atoms with Gasteiger partial charge in [0.1, 0.15) is 0 Å². The molecule has 0 spiro atoms. The van der Waals surface area contributed by atoms with Gasteiger partial charge in [0.05, 0.1) is 15.9 Å². The lowest BCUT2D eigenvalue weighted by molar-refractivity contribution is -0.117. The van der Waals surface area contributed by atoms with Crippen molar-refractivity contribution < 1.29 is 13.2 Å². The minimum Gasteiger partial charge on any atom is -0.326 e. The smallest absolute Gasteiger partial charge is 0.317 e. The number of primary sulfonamides is 1. The highest BCUT2D eigenvalue weighted by Crippen LogP contribution is 2.32. The molecule has 0 bridgehead atoms. The molecule has 0 aliphatic carbocycles. The van der Waals surface area contributed by atoms with Crippen molar-refractivity contribution in [1.82, 2.24) is 9.55 Å². The maximum atomic E-state index is 12.6. The van der Waals surface area contributed by atoms with Crippen molar-refractivity contribution >= 4 is 48.6 Å². The van der Waals surface area contributed by atoms with E-state index in [1.807, 2.05) is 6.07 Å². The van der Waals surface area contributed by atoms with Gasteiger partial charge in [-0.1, -0.05) is 22.0 Å². The van der Waals surface area contributed by atoms with Gasteiger partial charge in [0, 0.05) is 22.6 Å². The number of nitrogens with one attached hydrogen (secondary N) is 2. The maximum absolute atomic E-state index is 12.6. The second-order valence-corrected chi connectivity index (χ2v) is 9.59. The number of aromatic amines is 1. The summed E-state index contributed by atoms with van der Waals surface area (Å²) in [5.41, 5.74) is 0.859. The van der Waals surface area contributed by atoms with Crippen LogP contribution in [-0.4, -0.2) is 23.9 Å². The molecule has 4 N–H and O–H groups in total. The molecular weight excluding hydrogens is 476 g/mol. The van der Waals surface area contributed by atoms with Crippen molar-refractivity contribution in [2.45, 2.75) is 30.2 Å². The Morgan fingerprint density at radius 1 is 1.27 bits per heavy atom. The second kappa shape index (κ2) is 7.49. The first-order valence-corrected chi connectivity index (χ1v) is 11.4. The number of aromatic nitrogens is 2. The van der Waals surface area contributed by atoms with Crippen LogP contribution in [0.5, 0.6) is 0 Å². The van der Waals surface area contributed by atoms with Gasteiger partial charge in [0.2, 0.25) is 15.9 Å². The summed E-state index contributed by atoms with van der Waals surface area (Å²) in [6, 6.07) is 8.71. The zero-order chi connectivity index (χ0) is 21.6. The van der Waals surface area contributed by atoms with Gasteiger partial charge in [-0.2, -0.15) is 0 Å². The highest BCUT2D eigenvalue weighted by molar-refractivity contribution is 9.10. The fourth-order valence-electron chi connectivity index (χ4n) is 3.78. The topological polar surface area (TPSA) is 144 Å². The molecule has 1 aromatic heterocycles. The molecule has 2 aromatic carbocycles. The van der Waals surface area contributed by atoms with Crippen LogP contribution in [-0.2, 0) is 21.2 Å². The van der Waals surface area contributed by atoms with Crippen LogP contribution in [0.25, 0.3) is 11.0 Å². The first-order chi connectivity index (χ1) is 14.1. The van der Waals surface area contributed by atoms with E-state index in [1.54, 1.807) is 6.07 Å². The molecule has 1 unspecified atom stereocenters. The highest BCUT2D eigenvalue weighted by Gasteiger charge is 2.26. The molecule has 30 heavy (non-hydrogen) atoms. The second-order valence-electron chi connectivity index (χ2n) is 7.11. The van der Waals surface area contributed by atoms with E-state index in [0.29, 0.717) is 23.9 Å². The summed E-state index contributed by atoms with van der Waals surface area (Å²) in [7, 11) is -3.90. The number of amides is 1. The van der Waals surface area contributed by atoms with Crippen molar-refractivity contribution in [3.63, 3.8) is 0 Å². The van der Waals surface area contributed by atoms with Gasteiger partial charge < -0.3 is 10.3 Å². The van der Waals surface area contributed by atoms with Crippen LogP contribution < -0.4 is 21.6 Å². The molecule has 1 aliphatic heterocycles. The summed E-state index contributed by atoms with van der Waals surface area (Å²) in [5.74, 6) is -0.410. The van der Waals surface area contributed by atoms with E-state index in [0.717, 1.165) is 10.0 Å². The number of carbonyl (C=O) groups is 1. The van der Waals surface area contributed by atoms with Gasteiger partial charge in [-0.05, 0) is 48.7 Å². The van der Waals surface area contributed by atoms with Crippen molar-refractivity contribution in [2.75, 3.05) is 5.32 Å². The number of benzene rings is 2. The number of aryl methyl sites for hydroxylation is 1. The number of sulfonamides is 1. The largest absolute Gasteiger partial charge is 0.326 e. The first-order valence-electron chi connectivity index (χ1n) is 9.03. The summed E-state index contributed by atoms with van der Waals surface area (Å²) >= 11 is 3.40. The van der Waals surface area contributed by atoms with Gasteiger partial charge in [-0.25, -0.2) is 13.6 Å². The van der Waals surface area contributed by atoms with Gasteiger partial charge in [0.25, 0.3) is 0 Å². The molecule has 4 rings (SSSR count). The Labute approximate surface area is 179 Å². The summed E-state index contributed by atoms with van der Waals surface area (Å²) in [5, 5.41) is 7.75. The minimum atomic E-state index is -3.90. The number of halogens is 1. The van der Waals surface area contributed by atoms with Gasteiger partial charge >= 0.3 is 11.1 Å². The molecule has 0 fully saturated rings. The van der Waals surface area contributed by atoms with Crippen LogP contribution in [0.4, 0.5) is 5.69 Å². The monoisotopic (exact) mass is 492 g/mol. The quantitative estimate of drug-likeness (QED) is 0.473. The van der Waals surface area contributed by atoms with E-state index in [-0.39, 0.29) is 17.0 Å². The number of anilines is 1. The summed E-state index contributed by atoms with van der Waals surface area (Å²) in [6.07, 6.45) is 1.10. The molecule has 1 amide bonds. The normalized spacial score (nSPS) is 15.9. The Morgan fingerprint density at radius 2 is 2.03 bits per heavy atom. The number of hydrogen-bond acceptors (Lipinski definition) is 5. The van der Waals surface area contributed by atoms with Gasteiger partial charge in [-0.15, -0.1) is 0 Å². The lowest BCUT2D eigenvalue weighted by atomic mass is 9.96. The van der Waals surface area contributed by atoms with Crippen LogP contribution in [0.2, 0.25) is 0 Å². The molecule has 1 aliphatic rings. The Kier molecular flexibility index (Phi) is 5.12. The van der Waals surface area contributed by atoms with Crippen LogP contribution in [0.3, 0.4) is 0 Å². The fourth-order valence-corrected chi connectivity index (χ4v) is 4.85.